The number of nitriles is 1. The molecule has 176 valence electrons. The number of ether oxygens (including phenoxy) is 1. The van der Waals surface area contributed by atoms with E-state index >= 15 is 0 Å². The summed E-state index contributed by atoms with van der Waals surface area (Å²) in [5.41, 5.74) is -0.0183. The van der Waals surface area contributed by atoms with E-state index in [2.05, 4.69) is 10.6 Å². The van der Waals surface area contributed by atoms with E-state index in [1.165, 1.54) is 6.07 Å². The fraction of sp³-hybridized carbons (Fsp3) is 0.565. The van der Waals surface area contributed by atoms with Gasteiger partial charge >= 0.3 is 6.09 Å². The molecule has 0 saturated heterocycles. The van der Waals surface area contributed by atoms with Crippen LogP contribution < -0.4 is 10.6 Å². The summed E-state index contributed by atoms with van der Waals surface area (Å²) in [6.07, 6.45) is 0.784. The lowest BCUT2D eigenvalue weighted by molar-refractivity contribution is -0.139. The number of nitrogens with zero attached hydrogens (tertiary/aromatic N) is 2. The molecule has 0 radical (unpaired) electrons. The van der Waals surface area contributed by atoms with Crippen molar-refractivity contribution in [1.29, 1.82) is 5.26 Å². The quantitative estimate of drug-likeness (QED) is 0.500. The molecule has 0 aliphatic rings. The summed E-state index contributed by atoms with van der Waals surface area (Å²) in [4.78, 5) is 39.2. The maximum atomic E-state index is 13.2. The van der Waals surface area contributed by atoms with Crippen molar-refractivity contribution in [1.82, 2.24) is 15.5 Å². The van der Waals surface area contributed by atoms with Crippen molar-refractivity contribution in [2.75, 3.05) is 13.1 Å². The van der Waals surface area contributed by atoms with Crippen LogP contribution in [-0.2, 0) is 14.3 Å². The predicted octanol–water partition coefficient (Wildman–Crippen LogP) is 2.92. The van der Waals surface area contributed by atoms with Gasteiger partial charge in [-0.05, 0) is 46.6 Å². The van der Waals surface area contributed by atoms with Crippen LogP contribution in [0, 0.1) is 18.3 Å². The Labute approximate surface area is 189 Å². The lowest BCUT2D eigenvalue weighted by Crippen LogP contribution is -2.49. The zero-order chi connectivity index (χ0) is 24.5. The summed E-state index contributed by atoms with van der Waals surface area (Å²) in [7, 11) is 0. The van der Waals surface area contributed by atoms with Gasteiger partial charge in [0.1, 0.15) is 30.5 Å². The summed E-state index contributed by atoms with van der Waals surface area (Å²) in [6.45, 7) is 9.68. The standard InChI is InChI=1S/C23H34N4O5/c1-7-9-16(3)26-21(30)19(17-11-8-10-15(2)20(17)29)27(13-12-24)18(28)14-25-22(31)32-23(4,5)6/h8,10-11,16,19,29H,7,9,13-14H2,1-6H3,(H,25,31)(H,26,30). The summed E-state index contributed by atoms with van der Waals surface area (Å²) in [5, 5.41) is 25.1. The first-order valence-electron chi connectivity index (χ1n) is 10.6. The molecule has 2 atom stereocenters. The summed E-state index contributed by atoms with van der Waals surface area (Å²) < 4.78 is 5.13. The van der Waals surface area contributed by atoms with E-state index in [1.807, 2.05) is 19.9 Å². The normalized spacial score (nSPS) is 12.8. The average Bonchev–Trinajstić information content (AvgIpc) is 2.67. The van der Waals surface area contributed by atoms with Gasteiger partial charge in [0.2, 0.25) is 11.8 Å². The summed E-state index contributed by atoms with van der Waals surface area (Å²) in [5.74, 6) is -1.32. The molecule has 0 fully saturated rings. The van der Waals surface area contributed by atoms with Gasteiger partial charge in [-0.1, -0.05) is 31.5 Å². The van der Waals surface area contributed by atoms with Crippen LogP contribution in [0.15, 0.2) is 18.2 Å². The Hall–Kier alpha value is -3.28. The average molecular weight is 447 g/mol. The molecule has 0 bridgehead atoms. The van der Waals surface area contributed by atoms with Gasteiger partial charge in [0.05, 0.1) is 6.07 Å². The van der Waals surface area contributed by atoms with E-state index in [9.17, 15) is 24.8 Å². The monoisotopic (exact) mass is 446 g/mol. The van der Waals surface area contributed by atoms with Crippen molar-refractivity contribution in [3.63, 3.8) is 0 Å². The Bertz CT molecular complexity index is 857. The van der Waals surface area contributed by atoms with Gasteiger partial charge < -0.3 is 25.4 Å². The Balaban J connectivity index is 3.25. The van der Waals surface area contributed by atoms with E-state index in [-0.39, 0.29) is 17.4 Å². The maximum absolute atomic E-state index is 13.2. The van der Waals surface area contributed by atoms with Crippen LogP contribution in [0.4, 0.5) is 4.79 Å². The Morgan fingerprint density at radius 1 is 1.28 bits per heavy atom. The van der Waals surface area contributed by atoms with Crippen LogP contribution >= 0.6 is 0 Å². The molecule has 0 saturated carbocycles. The number of benzene rings is 1. The van der Waals surface area contributed by atoms with Gasteiger partial charge in [0.25, 0.3) is 0 Å². The van der Waals surface area contributed by atoms with Crippen molar-refractivity contribution in [3.05, 3.63) is 29.3 Å². The zero-order valence-electron chi connectivity index (χ0n) is 19.7. The molecule has 1 aromatic carbocycles. The van der Waals surface area contributed by atoms with Crippen LogP contribution in [0.3, 0.4) is 0 Å². The summed E-state index contributed by atoms with van der Waals surface area (Å²) in [6, 6.07) is 5.35. The first-order valence-corrected chi connectivity index (χ1v) is 10.6. The number of hydrogen-bond acceptors (Lipinski definition) is 6. The Kier molecular flexibility index (Phi) is 9.98. The molecule has 2 unspecified atom stereocenters. The van der Waals surface area contributed by atoms with Gasteiger partial charge in [-0.25, -0.2) is 4.79 Å². The first kappa shape index (κ1) is 26.8. The number of alkyl carbamates (subject to hydrolysis) is 1. The minimum atomic E-state index is -1.25. The molecule has 3 N–H and O–H groups in total. The molecule has 0 spiro atoms. The third-order valence-corrected chi connectivity index (χ3v) is 4.58. The zero-order valence-corrected chi connectivity index (χ0v) is 19.7. The number of aryl methyl sites for hydroxylation is 1. The van der Waals surface area contributed by atoms with Crippen LogP contribution in [0.25, 0.3) is 0 Å². The minimum absolute atomic E-state index is 0.133. The van der Waals surface area contributed by atoms with Gasteiger partial charge in [0.15, 0.2) is 0 Å². The third-order valence-electron chi connectivity index (χ3n) is 4.58. The van der Waals surface area contributed by atoms with E-state index in [0.717, 1.165) is 17.7 Å². The fourth-order valence-corrected chi connectivity index (χ4v) is 3.14. The highest BCUT2D eigenvalue weighted by Gasteiger charge is 2.34. The summed E-state index contributed by atoms with van der Waals surface area (Å²) >= 11 is 0. The lowest BCUT2D eigenvalue weighted by Gasteiger charge is -2.31. The second-order valence-corrected chi connectivity index (χ2v) is 8.65. The van der Waals surface area contributed by atoms with Gasteiger partial charge in [0, 0.05) is 11.6 Å². The van der Waals surface area contributed by atoms with Gasteiger partial charge in [-0.2, -0.15) is 5.26 Å². The number of carbonyl (C=O) groups excluding carboxylic acids is 3. The number of hydrogen-bond donors (Lipinski definition) is 3. The fourth-order valence-electron chi connectivity index (χ4n) is 3.14. The Morgan fingerprint density at radius 3 is 2.50 bits per heavy atom. The molecular weight excluding hydrogens is 412 g/mol. The second-order valence-electron chi connectivity index (χ2n) is 8.65. The van der Waals surface area contributed by atoms with E-state index in [4.69, 9.17) is 4.74 Å². The van der Waals surface area contributed by atoms with Crippen LogP contribution in [0.1, 0.15) is 64.6 Å². The van der Waals surface area contributed by atoms with Gasteiger partial charge in [-0.3, -0.25) is 9.59 Å². The second kappa shape index (κ2) is 11.9. The third kappa shape index (κ3) is 8.10. The minimum Gasteiger partial charge on any atom is -0.507 e. The highest BCUT2D eigenvalue weighted by molar-refractivity contribution is 5.91. The molecule has 1 rings (SSSR count). The van der Waals surface area contributed by atoms with Crippen molar-refractivity contribution in [3.8, 4) is 11.8 Å². The smallest absolute Gasteiger partial charge is 0.408 e. The predicted molar refractivity (Wildman–Crippen MR) is 120 cm³/mol. The molecule has 32 heavy (non-hydrogen) atoms. The van der Waals surface area contributed by atoms with Crippen LogP contribution in [0.5, 0.6) is 5.75 Å². The molecule has 0 aromatic heterocycles. The van der Waals surface area contributed by atoms with Crippen molar-refractivity contribution in [2.24, 2.45) is 0 Å². The highest BCUT2D eigenvalue weighted by atomic mass is 16.6. The molecule has 3 amide bonds. The molecule has 0 heterocycles. The number of phenolic OH excluding ortho intramolecular Hbond substituents is 1. The molecule has 9 nitrogen and oxygen atoms in total. The number of para-hydroxylation sites is 1. The van der Waals surface area contributed by atoms with Crippen molar-refractivity contribution >= 4 is 17.9 Å². The van der Waals surface area contributed by atoms with E-state index in [0.29, 0.717) is 5.56 Å². The van der Waals surface area contributed by atoms with Crippen molar-refractivity contribution < 1.29 is 24.2 Å². The highest BCUT2D eigenvalue weighted by Crippen LogP contribution is 2.31. The number of amides is 3. The number of nitrogens with one attached hydrogen (secondary N) is 2. The Morgan fingerprint density at radius 2 is 1.94 bits per heavy atom. The number of carbonyl (C=O) groups is 3. The SMILES string of the molecule is CCCC(C)NC(=O)C(c1cccc(C)c1O)N(CC#N)C(=O)CNC(=O)OC(C)(C)C. The molecule has 9 heteroatoms. The number of rotatable bonds is 9. The van der Waals surface area contributed by atoms with Crippen LogP contribution in [-0.4, -0.2) is 52.6 Å². The maximum Gasteiger partial charge on any atom is 0.408 e. The van der Waals surface area contributed by atoms with E-state index in [1.54, 1.807) is 39.8 Å². The molecule has 0 aliphatic carbocycles. The number of phenols is 1. The first-order chi connectivity index (χ1) is 14.9. The van der Waals surface area contributed by atoms with Crippen LogP contribution in [0.2, 0.25) is 0 Å². The van der Waals surface area contributed by atoms with Gasteiger partial charge in [-0.15, -0.1) is 0 Å². The molecular formula is C23H34N4O5. The number of aromatic hydroxyl groups is 1. The topological polar surface area (TPSA) is 132 Å². The lowest BCUT2D eigenvalue weighted by atomic mass is 9.99. The van der Waals surface area contributed by atoms with E-state index < -0.39 is 42.6 Å². The molecule has 1 aromatic rings. The van der Waals surface area contributed by atoms with Crippen molar-refractivity contribution in [2.45, 2.75) is 72.1 Å². The largest absolute Gasteiger partial charge is 0.507 e. The molecule has 0 aliphatic heterocycles.